The van der Waals surface area contributed by atoms with Gasteiger partial charge in [-0.1, -0.05) is 24.3 Å². The highest BCUT2D eigenvalue weighted by Gasteiger charge is 2.11. The van der Waals surface area contributed by atoms with Crippen molar-refractivity contribution >= 4 is 35.6 Å². The number of benzene rings is 2. The molecule has 0 aliphatic carbocycles. The van der Waals surface area contributed by atoms with Gasteiger partial charge in [0.2, 0.25) is 11.8 Å². The molecule has 2 amide bonds. The van der Waals surface area contributed by atoms with E-state index in [0.29, 0.717) is 12.8 Å². The topological polar surface area (TPSA) is 169 Å². The number of carbonyl (C=O) groups excluding carboxylic acids is 2. The third-order valence-electron chi connectivity index (χ3n) is 4.11. The van der Waals surface area contributed by atoms with Crippen molar-refractivity contribution in [1.82, 2.24) is 10.9 Å². The second kappa shape index (κ2) is 12.3. The standard InChI is InChI=1S/C20H20N6O6/c27-19(23-21-13-15-7-1-3-9-17(15)25(29)30)11-5-6-12-20(28)24-22-14-16-8-2-4-10-18(16)26(31)32/h1-4,7-10,13-14H,5-6,11-12H2,(H,23,27)(H,24,28)/b21-13-,22-14-. The number of hydrogen-bond donors (Lipinski definition) is 2. The van der Waals surface area contributed by atoms with E-state index in [-0.39, 0.29) is 35.3 Å². The second-order valence-corrected chi connectivity index (χ2v) is 6.43. The lowest BCUT2D eigenvalue weighted by Crippen LogP contribution is -2.19. The first-order valence-corrected chi connectivity index (χ1v) is 9.49. The highest BCUT2D eigenvalue weighted by atomic mass is 16.6. The normalized spacial score (nSPS) is 10.9. The lowest BCUT2D eigenvalue weighted by atomic mass is 10.2. The van der Waals surface area contributed by atoms with Crippen LogP contribution in [0.5, 0.6) is 0 Å². The summed E-state index contributed by atoms with van der Waals surface area (Å²) in [6.07, 6.45) is 3.43. The molecule has 0 saturated carbocycles. The Hall–Kier alpha value is -4.48. The number of para-hydroxylation sites is 2. The molecule has 32 heavy (non-hydrogen) atoms. The van der Waals surface area contributed by atoms with Crippen molar-refractivity contribution in [3.63, 3.8) is 0 Å². The zero-order valence-corrected chi connectivity index (χ0v) is 16.8. The number of unbranched alkanes of at least 4 members (excludes halogenated alkanes) is 1. The molecule has 2 aromatic rings. The molecule has 2 N–H and O–H groups in total. The summed E-state index contributed by atoms with van der Waals surface area (Å²) < 4.78 is 0. The zero-order chi connectivity index (χ0) is 23.3. The van der Waals surface area contributed by atoms with Crippen molar-refractivity contribution in [3.05, 3.63) is 79.9 Å². The molecule has 0 fully saturated rings. The van der Waals surface area contributed by atoms with E-state index in [1.165, 1.54) is 48.8 Å². The smallest absolute Gasteiger partial charge is 0.273 e. The van der Waals surface area contributed by atoms with Crippen LogP contribution < -0.4 is 10.9 Å². The first kappa shape index (κ1) is 23.8. The fraction of sp³-hybridized carbons (Fsp3) is 0.200. The van der Waals surface area contributed by atoms with Crippen molar-refractivity contribution < 1.29 is 19.4 Å². The molecule has 0 bridgehead atoms. The van der Waals surface area contributed by atoms with Crippen LogP contribution in [0.1, 0.15) is 36.8 Å². The molecule has 0 saturated heterocycles. The zero-order valence-electron chi connectivity index (χ0n) is 16.8. The highest BCUT2D eigenvalue weighted by molar-refractivity contribution is 5.87. The van der Waals surface area contributed by atoms with Crippen molar-refractivity contribution in [3.8, 4) is 0 Å². The van der Waals surface area contributed by atoms with Gasteiger partial charge in [0.15, 0.2) is 0 Å². The molecule has 0 atom stereocenters. The van der Waals surface area contributed by atoms with Gasteiger partial charge in [0.25, 0.3) is 11.4 Å². The molecule has 0 spiro atoms. The average molecular weight is 440 g/mol. The van der Waals surface area contributed by atoms with Gasteiger partial charge in [-0.15, -0.1) is 0 Å². The Morgan fingerprint density at radius 1 is 0.750 bits per heavy atom. The molecule has 166 valence electrons. The Morgan fingerprint density at radius 2 is 1.12 bits per heavy atom. The summed E-state index contributed by atoms with van der Waals surface area (Å²) in [5.41, 5.74) is 4.83. The SMILES string of the molecule is O=C(CCCCC(=O)N/N=C\c1ccccc1[N+](=O)[O-])N/N=C\c1ccccc1[N+](=O)[O-]. The maximum Gasteiger partial charge on any atom is 0.278 e. The summed E-state index contributed by atoms with van der Waals surface area (Å²) in [5, 5.41) is 29.3. The van der Waals surface area contributed by atoms with Gasteiger partial charge in [0.1, 0.15) is 0 Å². The lowest BCUT2D eigenvalue weighted by Gasteiger charge is -2.01. The van der Waals surface area contributed by atoms with Crippen LogP contribution in [-0.4, -0.2) is 34.1 Å². The summed E-state index contributed by atoms with van der Waals surface area (Å²) in [4.78, 5) is 44.3. The molecular weight excluding hydrogens is 420 g/mol. The fourth-order valence-corrected chi connectivity index (χ4v) is 2.56. The Bertz CT molecular complexity index is 969. The number of nitrogens with one attached hydrogen (secondary N) is 2. The van der Waals surface area contributed by atoms with E-state index in [4.69, 9.17) is 0 Å². The molecule has 0 aromatic heterocycles. The summed E-state index contributed by atoms with van der Waals surface area (Å²) in [6, 6.07) is 12.0. The van der Waals surface area contributed by atoms with Crippen molar-refractivity contribution in [1.29, 1.82) is 0 Å². The average Bonchev–Trinajstić information content (AvgIpc) is 2.77. The molecule has 0 unspecified atom stereocenters. The van der Waals surface area contributed by atoms with Crippen LogP contribution in [0, 0.1) is 20.2 Å². The minimum Gasteiger partial charge on any atom is -0.273 e. The van der Waals surface area contributed by atoms with E-state index in [1.54, 1.807) is 12.1 Å². The Labute approximate surface area is 182 Å². The van der Waals surface area contributed by atoms with Crippen LogP contribution in [0.25, 0.3) is 0 Å². The Morgan fingerprint density at radius 3 is 1.50 bits per heavy atom. The molecule has 0 radical (unpaired) electrons. The van der Waals surface area contributed by atoms with Gasteiger partial charge in [0.05, 0.1) is 33.4 Å². The van der Waals surface area contributed by atoms with E-state index < -0.39 is 21.7 Å². The maximum absolute atomic E-state index is 11.8. The van der Waals surface area contributed by atoms with E-state index in [9.17, 15) is 29.8 Å². The van der Waals surface area contributed by atoms with Gasteiger partial charge in [-0.05, 0) is 25.0 Å². The first-order chi connectivity index (χ1) is 15.4. The monoisotopic (exact) mass is 440 g/mol. The van der Waals surface area contributed by atoms with Gasteiger partial charge in [-0.2, -0.15) is 10.2 Å². The second-order valence-electron chi connectivity index (χ2n) is 6.43. The first-order valence-electron chi connectivity index (χ1n) is 9.49. The van der Waals surface area contributed by atoms with Gasteiger partial charge in [0, 0.05) is 25.0 Å². The largest absolute Gasteiger partial charge is 0.278 e. The number of carbonyl (C=O) groups is 2. The quantitative estimate of drug-likeness (QED) is 0.235. The van der Waals surface area contributed by atoms with Crippen LogP contribution in [0.2, 0.25) is 0 Å². The predicted molar refractivity (Wildman–Crippen MR) is 116 cm³/mol. The highest BCUT2D eigenvalue weighted by Crippen LogP contribution is 2.16. The number of amides is 2. The predicted octanol–water partition coefficient (Wildman–Crippen LogP) is 2.66. The van der Waals surface area contributed by atoms with Gasteiger partial charge in [-0.25, -0.2) is 10.9 Å². The van der Waals surface area contributed by atoms with E-state index in [1.807, 2.05) is 0 Å². The van der Waals surface area contributed by atoms with Crippen LogP contribution in [0.4, 0.5) is 11.4 Å². The minimum absolute atomic E-state index is 0.112. The molecule has 0 aliphatic heterocycles. The summed E-state index contributed by atoms with van der Waals surface area (Å²) in [7, 11) is 0. The van der Waals surface area contributed by atoms with Crippen LogP contribution in [-0.2, 0) is 9.59 Å². The number of hydrazone groups is 2. The number of nitro groups is 2. The van der Waals surface area contributed by atoms with Crippen LogP contribution >= 0.6 is 0 Å². The van der Waals surface area contributed by atoms with Crippen LogP contribution in [0.15, 0.2) is 58.7 Å². The lowest BCUT2D eigenvalue weighted by molar-refractivity contribution is -0.385. The Balaban J connectivity index is 1.68. The fourth-order valence-electron chi connectivity index (χ4n) is 2.56. The van der Waals surface area contributed by atoms with Gasteiger partial charge >= 0.3 is 0 Å². The molecule has 2 aromatic carbocycles. The van der Waals surface area contributed by atoms with E-state index >= 15 is 0 Å². The number of nitrogens with zero attached hydrogens (tertiary/aromatic N) is 4. The molecule has 0 aliphatic rings. The molecule has 2 rings (SSSR count). The van der Waals surface area contributed by atoms with E-state index in [0.717, 1.165) is 0 Å². The number of nitro benzene ring substituents is 2. The third kappa shape index (κ3) is 7.74. The van der Waals surface area contributed by atoms with Gasteiger partial charge < -0.3 is 0 Å². The van der Waals surface area contributed by atoms with Crippen LogP contribution in [0.3, 0.4) is 0 Å². The minimum atomic E-state index is -0.542. The molecule has 0 heterocycles. The molecular formula is C20H20N6O6. The van der Waals surface area contributed by atoms with Crippen molar-refractivity contribution in [2.75, 3.05) is 0 Å². The van der Waals surface area contributed by atoms with E-state index in [2.05, 4.69) is 21.1 Å². The summed E-state index contributed by atoms with van der Waals surface area (Å²) in [6.45, 7) is 0. The maximum atomic E-state index is 11.8. The number of rotatable bonds is 11. The summed E-state index contributed by atoms with van der Waals surface area (Å²) >= 11 is 0. The van der Waals surface area contributed by atoms with Crippen molar-refractivity contribution in [2.24, 2.45) is 10.2 Å². The third-order valence-corrected chi connectivity index (χ3v) is 4.11. The summed E-state index contributed by atoms with van der Waals surface area (Å²) in [5.74, 6) is -0.788. The molecule has 12 heteroatoms. The van der Waals surface area contributed by atoms with Gasteiger partial charge in [-0.3, -0.25) is 29.8 Å². The number of hydrogen-bond acceptors (Lipinski definition) is 8. The molecule has 12 nitrogen and oxygen atoms in total. The van der Waals surface area contributed by atoms with Crippen molar-refractivity contribution in [2.45, 2.75) is 25.7 Å². The Kier molecular flexibility index (Phi) is 9.12.